The molecular formula is C14H17ClN2O3S. The van der Waals surface area contributed by atoms with Gasteiger partial charge in [-0.05, 0) is 36.5 Å². The number of carbonyl (C=O) groups is 1. The molecule has 0 aromatic heterocycles. The van der Waals surface area contributed by atoms with Gasteiger partial charge in [-0.3, -0.25) is 0 Å². The molecule has 2 N–H and O–H groups in total. The molecule has 1 aromatic carbocycles. The first-order valence-electron chi connectivity index (χ1n) is 6.99. The molecule has 0 radical (unpaired) electrons. The van der Waals surface area contributed by atoms with Gasteiger partial charge in [0.1, 0.15) is 0 Å². The molecule has 0 unspecified atom stereocenters. The van der Waals surface area contributed by atoms with Crippen molar-refractivity contribution in [2.24, 2.45) is 0 Å². The molecule has 1 aliphatic heterocycles. The average Bonchev–Trinajstić information content (AvgIpc) is 2.95. The third kappa shape index (κ3) is 3.16. The van der Waals surface area contributed by atoms with E-state index in [9.17, 15) is 13.2 Å². The van der Waals surface area contributed by atoms with Gasteiger partial charge in [-0.2, -0.15) is 0 Å². The van der Waals surface area contributed by atoms with Gasteiger partial charge in [0.05, 0.1) is 17.5 Å². The van der Waals surface area contributed by atoms with Crippen molar-refractivity contribution in [1.29, 1.82) is 0 Å². The van der Waals surface area contributed by atoms with Crippen LogP contribution in [0.4, 0.5) is 4.79 Å². The first-order valence-corrected chi connectivity index (χ1v) is 9.19. The lowest BCUT2D eigenvalue weighted by atomic mass is 10.1. The maximum atomic E-state index is 12.0. The van der Waals surface area contributed by atoms with Crippen LogP contribution in [0.15, 0.2) is 18.2 Å². The second-order valence-electron chi connectivity index (χ2n) is 5.62. The third-order valence-electron chi connectivity index (χ3n) is 4.09. The Morgan fingerprint density at radius 3 is 2.76 bits per heavy atom. The van der Waals surface area contributed by atoms with Gasteiger partial charge < -0.3 is 10.6 Å². The first-order chi connectivity index (χ1) is 9.94. The van der Waals surface area contributed by atoms with Crippen molar-refractivity contribution in [3.05, 3.63) is 34.3 Å². The van der Waals surface area contributed by atoms with Crippen molar-refractivity contribution >= 4 is 27.5 Å². The van der Waals surface area contributed by atoms with E-state index >= 15 is 0 Å². The molecule has 2 amide bonds. The number of hydrogen-bond acceptors (Lipinski definition) is 3. The number of carbonyl (C=O) groups excluding carboxylic acids is 1. The van der Waals surface area contributed by atoms with Crippen LogP contribution in [-0.2, 0) is 16.3 Å². The number of amides is 2. The van der Waals surface area contributed by atoms with E-state index in [-0.39, 0.29) is 29.6 Å². The fraction of sp³-hybridized carbons (Fsp3) is 0.500. The zero-order valence-corrected chi connectivity index (χ0v) is 13.0. The zero-order chi connectivity index (χ0) is 15.0. The van der Waals surface area contributed by atoms with E-state index in [1.54, 1.807) is 0 Å². The van der Waals surface area contributed by atoms with Gasteiger partial charge in [0, 0.05) is 11.1 Å². The topological polar surface area (TPSA) is 75.3 Å². The molecule has 1 aliphatic carbocycles. The molecule has 5 nitrogen and oxygen atoms in total. The molecule has 1 saturated heterocycles. The number of nitrogens with one attached hydrogen (secondary N) is 2. The number of sulfone groups is 1. The Hall–Kier alpha value is -1.27. The average molecular weight is 329 g/mol. The Labute approximate surface area is 129 Å². The summed E-state index contributed by atoms with van der Waals surface area (Å²) in [4.78, 5) is 12.0. The summed E-state index contributed by atoms with van der Waals surface area (Å²) in [5, 5.41) is 6.39. The lowest BCUT2D eigenvalue weighted by Gasteiger charge is -2.17. The number of rotatable bonds is 2. The standard InChI is InChI=1S/C14H17ClN2O3S/c15-12-3-1-2-11-10(12)4-5-13(11)17-14(18)16-9-6-7-21(19,20)8-9/h1-3,9,13H,4-8H2,(H2,16,17,18)/t9-,13-/m1/s1. The van der Waals surface area contributed by atoms with E-state index in [0.29, 0.717) is 6.42 Å². The van der Waals surface area contributed by atoms with E-state index < -0.39 is 9.84 Å². The maximum Gasteiger partial charge on any atom is 0.315 e. The Bertz CT molecular complexity index is 675. The van der Waals surface area contributed by atoms with Gasteiger partial charge in [-0.1, -0.05) is 23.7 Å². The van der Waals surface area contributed by atoms with Crippen LogP contribution >= 0.6 is 11.6 Å². The van der Waals surface area contributed by atoms with Crippen LogP contribution in [0, 0.1) is 0 Å². The minimum absolute atomic E-state index is 0.0352. The Kier molecular flexibility index (Phi) is 3.84. The summed E-state index contributed by atoms with van der Waals surface area (Å²) in [6.07, 6.45) is 2.15. The molecule has 0 spiro atoms. The molecular weight excluding hydrogens is 312 g/mol. The Morgan fingerprint density at radius 1 is 1.24 bits per heavy atom. The van der Waals surface area contributed by atoms with E-state index in [1.807, 2.05) is 18.2 Å². The number of fused-ring (bicyclic) bond motifs is 1. The minimum Gasteiger partial charge on any atom is -0.334 e. The van der Waals surface area contributed by atoms with Gasteiger partial charge in [0.25, 0.3) is 0 Å². The number of urea groups is 1. The van der Waals surface area contributed by atoms with Crippen LogP contribution in [0.5, 0.6) is 0 Å². The lowest BCUT2D eigenvalue weighted by Crippen LogP contribution is -2.43. The number of halogens is 1. The predicted octanol–water partition coefficient (Wildman–Crippen LogP) is 1.81. The zero-order valence-electron chi connectivity index (χ0n) is 11.4. The molecule has 7 heteroatoms. The van der Waals surface area contributed by atoms with Gasteiger partial charge >= 0.3 is 6.03 Å². The van der Waals surface area contributed by atoms with Crippen molar-refractivity contribution in [2.75, 3.05) is 11.5 Å². The molecule has 0 bridgehead atoms. The normalized spacial score (nSPS) is 26.3. The van der Waals surface area contributed by atoms with Crippen molar-refractivity contribution in [3.8, 4) is 0 Å². The van der Waals surface area contributed by atoms with Crippen LogP contribution in [0.25, 0.3) is 0 Å². The van der Waals surface area contributed by atoms with Gasteiger partial charge in [0.2, 0.25) is 0 Å². The molecule has 2 aliphatic rings. The summed E-state index contributed by atoms with van der Waals surface area (Å²) in [6.45, 7) is 0. The third-order valence-corrected chi connectivity index (χ3v) is 6.21. The number of benzene rings is 1. The molecule has 2 atom stereocenters. The summed E-state index contributed by atoms with van der Waals surface area (Å²) >= 11 is 6.15. The smallest absolute Gasteiger partial charge is 0.315 e. The molecule has 1 fully saturated rings. The predicted molar refractivity (Wildman–Crippen MR) is 81.2 cm³/mol. The molecule has 0 saturated carbocycles. The number of hydrogen-bond donors (Lipinski definition) is 2. The van der Waals surface area contributed by atoms with Crippen LogP contribution in [-0.4, -0.2) is 32.0 Å². The summed E-state index contributed by atoms with van der Waals surface area (Å²) < 4.78 is 22.8. The fourth-order valence-corrected chi connectivity index (χ4v) is 5.00. The highest BCUT2D eigenvalue weighted by Crippen LogP contribution is 2.35. The summed E-state index contributed by atoms with van der Waals surface area (Å²) in [5.74, 6) is 0.188. The van der Waals surface area contributed by atoms with E-state index in [2.05, 4.69) is 10.6 Å². The van der Waals surface area contributed by atoms with E-state index in [4.69, 9.17) is 11.6 Å². The van der Waals surface area contributed by atoms with Crippen molar-refractivity contribution in [3.63, 3.8) is 0 Å². The van der Waals surface area contributed by atoms with E-state index in [1.165, 1.54) is 0 Å². The SMILES string of the molecule is O=C(N[C@@H]1CCS(=O)(=O)C1)N[C@@H]1CCc2c(Cl)cccc21. The largest absolute Gasteiger partial charge is 0.334 e. The highest BCUT2D eigenvalue weighted by atomic mass is 35.5. The summed E-state index contributed by atoms with van der Waals surface area (Å²) in [7, 11) is -2.98. The van der Waals surface area contributed by atoms with Crippen LogP contribution in [0.3, 0.4) is 0 Å². The molecule has 21 heavy (non-hydrogen) atoms. The fourth-order valence-electron chi connectivity index (χ4n) is 3.05. The molecule has 1 aromatic rings. The Balaban J connectivity index is 1.61. The Morgan fingerprint density at radius 2 is 2.05 bits per heavy atom. The van der Waals surface area contributed by atoms with E-state index in [0.717, 1.165) is 29.0 Å². The molecule has 114 valence electrons. The van der Waals surface area contributed by atoms with Gasteiger partial charge in [-0.15, -0.1) is 0 Å². The first kappa shape index (κ1) is 14.7. The quantitative estimate of drug-likeness (QED) is 0.869. The van der Waals surface area contributed by atoms with Gasteiger partial charge in [0.15, 0.2) is 9.84 Å². The van der Waals surface area contributed by atoms with Crippen LogP contribution in [0.2, 0.25) is 5.02 Å². The van der Waals surface area contributed by atoms with Gasteiger partial charge in [-0.25, -0.2) is 13.2 Å². The summed E-state index contributed by atoms with van der Waals surface area (Å²) in [5.41, 5.74) is 2.14. The van der Waals surface area contributed by atoms with Crippen molar-refractivity contribution in [1.82, 2.24) is 10.6 Å². The molecule has 1 heterocycles. The summed E-state index contributed by atoms with van der Waals surface area (Å²) in [6, 6.07) is 5.05. The van der Waals surface area contributed by atoms with Crippen LogP contribution in [0.1, 0.15) is 30.0 Å². The molecule has 3 rings (SSSR count). The highest BCUT2D eigenvalue weighted by molar-refractivity contribution is 7.91. The highest BCUT2D eigenvalue weighted by Gasteiger charge is 2.30. The second kappa shape index (κ2) is 5.50. The lowest BCUT2D eigenvalue weighted by molar-refractivity contribution is 0.234. The second-order valence-corrected chi connectivity index (χ2v) is 8.25. The minimum atomic E-state index is -2.98. The van der Waals surface area contributed by atoms with Crippen molar-refractivity contribution in [2.45, 2.75) is 31.3 Å². The van der Waals surface area contributed by atoms with Crippen molar-refractivity contribution < 1.29 is 13.2 Å². The van der Waals surface area contributed by atoms with Crippen LogP contribution < -0.4 is 10.6 Å². The monoisotopic (exact) mass is 328 g/mol. The maximum absolute atomic E-state index is 12.0.